The summed E-state index contributed by atoms with van der Waals surface area (Å²) in [6, 6.07) is 5.71. The summed E-state index contributed by atoms with van der Waals surface area (Å²) in [7, 11) is 1.27. The Labute approximate surface area is 121 Å². The topological polar surface area (TPSA) is 84.1 Å². The van der Waals surface area contributed by atoms with Crippen molar-refractivity contribution in [1.82, 2.24) is 10.2 Å². The van der Waals surface area contributed by atoms with Gasteiger partial charge in [0.1, 0.15) is 0 Å². The summed E-state index contributed by atoms with van der Waals surface area (Å²) < 4.78 is 4.62. The summed E-state index contributed by atoms with van der Waals surface area (Å²) in [6.45, 7) is 0. The number of anilines is 1. The zero-order valence-electron chi connectivity index (χ0n) is 11.6. The average Bonchev–Trinajstić information content (AvgIpc) is 3.14. The van der Waals surface area contributed by atoms with E-state index in [4.69, 9.17) is 0 Å². The molecule has 1 amide bonds. The van der Waals surface area contributed by atoms with Crippen LogP contribution >= 0.6 is 0 Å². The number of carbonyl (C=O) groups is 2. The molecule has 2 N–H and O–H groups in total. The van der Waals surface area contributed by atoms with Crippen molar-refractivity contribution in [2.75, 3.05) is 12.4 Å². The van der Waals surface area contributed by atoms with E-state index in [0.29, 0.717) is 11.3 Å². The molecule has 0 aliphatic heterocycles. The number of benzene rings is 1. The van der Waals surface area contributed by atoms with Crippen molar-refractivity contribution >= 4 is 17.6 Å². The molecule has 1 heterocycles. The molecule has 21 heavy (non-hydrogen) atoms. The molecule has 1 aromatic carbocycles. The molecule has 6 nitrogen and oxygen atoms in total. The van der Waals surface area contributed by atoms with Crippen molar-refractivity contribution < 1.29 is 14.3 Å². The number of rotatable bonds is 3. The first kappa shape index (κ1) is 13.4. The van der Waals surface area contributed by atoms with Gasteiger partial charge >= 0.3 is 5.97 Å². The third-order valence-corrected chi connectivity index (χ3v) is 3.64. The van der Waals surface area contributed by atoms with E-state index in [2.05, 4.69) is 20.3 Å². The quantitative estimate of drug-likeness (QED) is 0.844. The molecule has 0 radical (unpaired) electrons. The van der Waals surface area contributed by atoms with Gasteiger partial charge in [-0.3, -0.25) is 9.89 Å². The fraction of sp³-hybridized carbons (Fsp3) is 0.267. The molecule has 0 unspecified atom stereocenters. The first-order valence-corrected chi connectivity index (χ1v) is 6.74. The van der Waals surface area contributed by atoms with Crippen molar-refractivity contribution in [2.45, 2.75) is 19.3 Å². The highest BCUT2D eigenvalue weighted by Gasteiger charge is 2.18. The molecule has 0 saturated carbocycles. The monoisotopic (exact) mass is 285 g/mol. The van der Waals surface area contributed by atoms with Gasteiger partial charge in [-0.1, -0.05) is 6.07 Å². The van der Waals surface area contributed by atoms with E-state index in [1.807, 2.05) is 12.1 Å². The Morgan fingerprint density at radius 3 is 2.90 bits per heavy atom. The van der Waals surface area contributed by atoms with Gasteiger partial charge in [-0.05, 0) is 42.5 Å². The van der Waals surface area contributed by atoms with E-state index in [9.17, 15) is 9.59 Å². The summed E-state index contributed by atoms with van der Waals surface area (Å²) >= 11 is 0. The molecular formula is C15H15N3O3. The highest BCUT2D eigenvalue weighted by Crippen LogP contribution is 2.23. The second-order valence-electron chi connectivity index (χ2n) is 4.94. The van der Waals surface area contributed by atoms with Crippen LogP contribution in [0.1, 0.15) is 38.4 Å². The van der Waals surface area contributed by atoms with Crippen LogP contribution < -0.4 is 5.32 Å². The van der Waals surface area contributed by atoms with Crippen LogP contribution in [0.5, 0.6) is 0 Å². The van der Waals surface area contributed by atoms with Crippen molar-refractivity contribution in [2.24, 2.45) is 0 Å². The molecule has 0 fully saturated rings. The van der Waals surface area contributed by atoms with Gasteiger partial charge in [0.25, 0.3) is 5.91 Å². The van der Waals surface area contributed by atoms with Crippen molar-refractivity contribution in [1.29, 1.82) is 0 Å². The Morgan fingerprint density at radius 1 is 1.29 bits per heavy atom. The fourth-order valence-electron chi connectivity index (χ4n) is 2.55. The van der Waals surface area contributed by atoms with Crippen LogP contribution in [0, 0.1) is 0 Å². The minimum atomic E-state index is -0.572. The van der Waals surface area contributed by atoms with Gasteiger partial charge in [-0.2, -0.15) is 5.10 Å². The summed E-state index contributed by atoms with van der Waals surface area (Å²) in [5, 5.41) is 8.95. The summed E-state index contributed by atoms with van der Waals surface area (Å²) in [5.41, 5.74) is 3.56. The van der Waals surface area contributed by atoms with Gasteiger partial charge in [0, 0.05) is 5.56 Å². The van der Waals surface area contributed by atoms with Crippen molar-refractivity contribution in [3.8, 4) is 0 Å². The number of hydrogen-bond acceptors (Lipinski definition) is 4. The minimum absolute atomic E-state index is 0.131. The normalized spacial score (nSPS) is 12.8. The number of amides is 1. The third kappa shape index (κ3) is 2.52. The maximum atomic E-state index is 12.3. The standard InChI is InChI=1S/C15H15N3O3/c1-21-15(20)13-12(8-16-18-13)17-14(19)11-6-5-9-3-2-4-10(9)7-11/h5-8H,2-4H2,1H3,(H,16,18)(H,17,19). The molecule has 1 aromatic heterocycles. The zero-order chi connectivity index (χ0) is 14.8. The summed E-state index contributed by atoms with van der Waals surface area (Å²) in [4.78, 5) is 23.8. The lowest BCUT2D eigenvalue weighted by Crippen LogP contribution is -2.15. The Kier molecular flexibility index (Phi) is 3.43. The lowest BCUT2D eigenvalue weighted by atomic mass is 10.1. The molecule has 6 heteroatoms. The number of aromatic nitrogens is 2. The Balaban J connectivity index is 1.81. The van der Waals surface area contributed by atoms with Gasteiger partial charge in [0.2, 0.25) is 0 Å². The molecule has 108 valence electrons. The lowest BCUT2D eigenvalue weighted by molar-refractivity contribution is 0.0595. The van der Waals surface area contributed by atoms with E-state index in [-0.39, 0.29) is 11.6 Å². The van der Waals surface area contributed by atoms with Gasteiger partial charge in [0.05, 0.1) is 19.0 Å². The molecule has 0 spiro atoms. The Bertz CT molecular complexity index is 706. The molecule has 1 aliphatic rings. The first-order chi connectivity index (χ1) is 10.2. The lowest BCUT2D eigenvalue weighted by Gasteiger charge is -2.06. The van der Waals surface area contributed by atoms with Crippen LogP contribution in [0.4, 0.5) is 5.69 Å². The number of hydrogen-bond donors (Lipinski definition) is 2. The van der Waals surface area contributed by atoms with Gasteiger partial charge in [-0.25, -0.2) is 4.79 Å². The molecule has 0 bridgehead atoms. The van der Waals surface area contributed by atoms with Crippen LogP contribution in [0.25, 0.3) is 0 Å². The molecule has 2 aromatic rings. The average molecular weight is 285 g/mol. The predicted octanol–water partition coefficient (Wildman–Crippen LogP) is 1.94. The van der Waals surface area contributed by atoms with Crippen LogP contribution in [-0.4, -0.2) is 29.2 Å². The van der Waals surface area contributed by atoms with Crippen LogP contribution in [0.3, 0.4) is 0 Å². The second-order valence-corrected chi connectivity index (χ2v) is 4.94. The second kappa shape index (κ2) is 5.40. The Hall–Kier alpha value is -2.63. The molecule has 1 aliphatic carbocycles. The van der Waals surface area contributed by atoms with Gasteiger partial charge in [0.15, 0.2) is 5.69 Å². The number of nitrogens with zero attached hydrogens (tertiary/aromatic N) is 1. The number of esters is 1. The summed E-state index contributed by atoms with van der Waals surface area (Å²) in [6.07, 6.45) is 4.60. The zero-order valence-corrected chi connectivity index (χ0v) is 11.6. The maximum absolute atomic E-state index is 12.3. The molecule has 0 saturated heterocycles. The van der Waals surface area contributed by atoms with E-state index in [0.717, 1.165) is 19.3 Å². The smallest absolute Gasteiger partial charge is 0.358 e. The Morgan fingerprint density at radius 2 is 2.10 bits per heavy atom. The van der Waals surface area contributed by atoms with E-state index < -0.39 is 5.97 Å². The van der Waals surface area contributed by atoms with E-state index in [1.165, 1.54) is 24.4 Å². The van der Waals surface area contributed by atoms with E-state index in [1.54, 1.807) is 6.07 Å². The number of fused-ring (bicyclic) bond motifs is 1. The molecular weight excluding hydrogens is 270 g/mol. The number of carbonyl (C=O) groups excluding carboxylic acids is 2. The maximum Gasteiger partial charge on any atom is 0.358 e. The predicted molar refractivity (Wildman–Crippen MR) is 76.3 cm³/mol. The van der Waals surface area contributed by atoms with Gasteiger partial charge in [-0.15, -0.1) is 0 Å². The van der Waals surface area contributed by atoms with Crippen molar-refractivity contribution in [3.63, 3.8) is 0 Å². The largest absolute Gasteiger partial charge is 0.464 e. The van der Waals surface area contributed by atoms with Crippen LogP contribution in [-0.2, 0) is 17.6 Å². The van der Waals surface area contributed by atoms with E-state index >= 15 is 0 Å². The first-order valence-electron chi connectivity index (χ1n) is 6.74. The molecule has 0 atom stereocenters. The van der Waals surface area contributed by atoms with Crippen molar-refractivity contribution in [3.05, 3.63) is 46.8 Å². The minimum Gasteiger partial charge on any atom is -0.464 e. The highest BCUT2D eigenvalue weighted by molar-refractivity contribution is 6.07. The summed E-state index contributed by atoms with van der Waals surface area (Å²) in [5.74, 6) is -0.840. The third-order valence-electron chi connectivity index (χ3n) is 3.64. The number of H-pyrrole nitrogens is 1. The number of nitrogens with one attached hydrogen (secondary N) is 2. The van der Waals surface area contributed by atoms with Crippen LogP contribution in [0.2, 0.25) is 0 Å². The number of methoxy groups -OCH3 is 1. The molecule has 3 rings (SSSR count). The highest BCUT2D eigenvalue weighted by atomic mass is 16.5. The number of aryl methyl sites for hydroxylation is 2. The number of aromatic amines is 1. The SMILES string of the molecule is COC(=O)c1[nH]ncc1NC(=O)c1ccc2c(c1)CCC2. The van der Waals surface area contributed by atoms with Crippen LogP contribution in [0.15, 0.2) is 24.4 Å². The van der Waals surface area contributed by atoms with Gasteiger partial charge < -0.3 is 10.1 Å². The number of ether oxygens (including phenoxy) is 1. The fourth-order valence-corrected chi connectivity index (χ4v) is 2.55.